The maximum Gasteiger partial charge on any atom is 0.160 e. The van der Waals surface area contributed by atoms with Crippen LogP contribution in [-0.2, 0) is 0 Å². The number of fused-ring (bicyclic) bond motifs is 6. The van der Waals surface area contributed by atoms with Crippen molar-refractivity contribution in [2.45, 2.75) is 0 Å². The van der Waals surface area contributed by atoms with Crippen molar-refractivity contribution in [1.82, 2.24) is 24.3 Å². The van der Waals surface area contributed by atoms with Gasteiger partial charge in [-0.15, -0.1) is 0 Å². The molecule has 0 spiro atoms. The van der Waals surface area contributed by atoms with Crippen LogP contribution in [-0.4, -0.2) is 24.3 Å². The summed E-state index contributed by atoms with van der Waals surface area (Å²) in [6.45, 7) is 0. The Kier molecular flexibility index (Phi) is 4.76. The lowest BCUT2D eigenvalue weighted by atomic mass is 10.0. The first kappa shape index (κ1) is 21.6. The quantitative estimate of drug-likeness (QED) is 0.247. The molecule has 0 fully saturated rings. The van der Waals surface area contributed by atoms with Gasteiger partial charge >= 0.3 is 0 Å². The third-order valence-corrected chi connectivity index (χ3v) is 7.21. The first-order chi connectivity index (χ1) is 19.3. The molecule has 0 radical (unpaired) electrons. The minimum atomic E-state index is 0.700. The first-order valence-corrected chi connectivity index (χ1v) is 12.9. The summed E-state index contributed by atoms with van der Waals surface area (Å²) in [5.74, 6) is 0.700. The molecule has 4 aromatic heterocycles. The van der Waals surface area contributed by atoms with E-state index in [9.17, 15) is 0 Å². The topological polar surface area (TPSA) is 56.0 Å². The van der Waals surface area contributed by atoms with E-state index in [0.29, 0.717) is 5.82 Å². The number of hydrogen-bond donors (Lipinski definition) is 0. The van der Waals surface area contributed by atoms with Crippen LogP contribution >= 0.6 is 0 Å². The summed E-state index contributed by atoms with van der Waals surface area (Å²) >= 11 is 0. The molecule has 0 amide bonds. The Morgan fingerprint density at radius 2 is 1.08 bits per heavy atom. The normalized spacial score (nSPS) is 11.6. The van der Waals surface area contributed by atoms with Gasteiger partial charge < -0.3 is 0 Å². The zero-order valence-corrected chi connectivity index (χ0v) is 20.9. The van der Waals surface area contributed by atoms with Gasteiger partial charge in [-0.25, -0.2) is 19.9 Å². The number of pyridine rings is 2. The molecule has 182 valence electrons. The average Bonchev–Trinajstić information content (AvgIpc) is 3.41. The van der Waals surface area contributed by atoms with E-state index in [0.717, 1.165) is 66.6 Å². The Labute approximate surface area is 224 Å². The van der Waals surface area contributed by atoms with E-state index >= 15 is 0 Å². The molecule has 8 aromatic rings. The summed E-state index contributed by atoms with van der Waals surface area (Å²) in [5, 5.41) is 2.09. The molecule has 5 heteroatoms. The molecule has 5 nitrogen and oxygen atoms in total. The van der Waals surface area contributed by atoms with E-state index < -0.39 is 0 Å². The minimum absolute atomic E-state index is 0.700. The van der Waals surface area contributed by atoms with Gasteiger partial charge in [0.25, 0.3) is 0 Å². The highest BCUT2D eigenvalue weighted by Crippen LogP contribution is 2.34. The monoisotopic (exact) mass is 499 g/mol. The molecule has 0 aliphatic rings. The fourth-order valence-corrected chi connectivity index (χ4v) is 5.35. The van der Waals surface area contributed by atoms with Crippen molar-refractivity contribution in [2.24, 2.45) is 0 Å². The van der Waals surface area contributed by atoms with Crippen molar-refractivity contribution >= 4 is 38.5 Å². The lowest BCUT2D eigenvalue weighted by Gasteiger charge is -2.10. The number of imidazole rings is 1. The Bertz CT molecular complexity index is 2160. The lowest BCUT2D eigenvalue weighted by Crippen LogP contribution is -1.95. The number of benzene rings is 4. The van der Waals surface area contributed by atoms with Crippen LogP contribution in [0.4, 0.5) is 0 Å². The predicted octanol–water partition coefficient (Wildman–Crippen LogP) is 7.98. The molecule has 0 unspecified atom stereocenters. The highest BCUT2D eigenvalue weighted by molar-refractivity contribution is 6.09. The van der Waals surface area contributed by atoms with Crippen molar-refractivity contribution in [2.75, 3.05) is 0 Å². The van der Waals surface area contributed by atoms with Crippen molar-refractivity contribution < 1.29 is 0 Å². The van der Waals surface area contributed by atoms with E-state index in [1.165, 1.54) is 0 Å². The Morgan fingerprint density at radius 3 is 1.90 bits per heavy atom. The van der Waals surface area contributed by atoms with Gasteiger partial charge in [-0.2, -0.15) is 0 Å². The molecular weight excluding hydrogens is 478 g/mol. The fraction of sp³-hybridized carbons (Fsp3) is 0. The van der Waals surface area contributed by atoms with Gasteiger partial charge in [-0.3, -0.25) is 4.40 Å². The predicted molar refractivity (Wildman–Crippen MR) is 157 cm³/mol. The molecule has 4 heterocycles. The van der Waals surface area contributed by atoms with Crippen LogP contribution < -0.4 is 0 Å². The van der Waals surface area contributed by atoms with Crippen molar-refractivity contribution in [1.29, 1.82) is 0 Å². The van der Waals surface area contributed by atoms with E-state index in [-0.39, 0.29) is 0 Å². The van der Waals surface area contributed by atoms with Crippen LogP contribution in [0.2, 0.25) is 0 Å². The maximum atomic E-state index is 5.10. The van der Waals surface area contributed by atoms with Gasteiger partial charge in [-0.05, 0) is 24.3 Å². The molecule has 0 bridgehead atoms. The summed E-state index contributed by atoms with van der Waals surface area (Å²) < 4.78 is 2.12. The zero-order valence-electron chi connectivity index (χ0n) is 20.9. The third-order valence-electron chi connectivity index (χ3n) is 7.21. The highest BCUT2D eigenvalue weighted by Gasteiger charge is 2.17. The molecule has 8 rings (SSSR count). The van der Waals surface area contributed by atoms with Gasteiger partial charge in [0.2, 0.25) is 0 Å². The van der Waals surface area contributed by atoms with Gasteiger partial charge in [0.15, 0.2) is 5.82 Å². The van der Waals surface area contributed by atoms with Crippen LogP contribution in [0, 0.1) is 0 Å². The van der Waals surface area contributed by atoms with E-state index in [2.05, 4.69) is 52.9 Å². The van der Waals surface area contributed by atoms with Crippen molar-refractivity contribution in [3.05, 3.63) is 128 Å². The van der Waals surface area contributed by atoms with Crippen LogP contribution in [0.1, 0.15) is 0 Å². The molecule has 39 heavy (non-hydrogen) atoms. The number of nitrogens with zero attached hydrogens (tertiary/aromatic N) is 5. The second-order valence-electron chi connectivity index (χ2n) is 9.57. The summed E-state index contributed by atoms with van der Waals surface area (Å²) in [6, 6.07) is 41.1. The molecule has 0 atom stereocenters. The number of hydrogen-bond acceptors (Lipinski definition) is 4. The Balaban J connectivity index is 1.31. The largest absolute Gasteiger partial charge is 0.298 e. The molecule has 0 saturated heterocycles. The Morgan fingerprint density at radius 1 is 0.436 bits per heavy atom. The molecule has 0 saturated carbocycles. The van der Waals surface area contributed by atoms with E-state index in [1.807, 2.05) is 79.0 Å². The van der Waals surface area contributed by atoms with Crippen molar-refractivity contribution in [3.63, 3.8) is 0 Å². The molecule has 0 aliphatic carbocycles. The second kappa shape index (κ2) is 8.57. The van der Waals surface area contributed by atoms with Crippen LogP contribution in [0.15, 0.2) is 128 Å². The van der Waals surface area contributed by atoms with Crippen LogP contribution in [0.25, 0.3) is 72.4 Å². The molecule has 4 aromatic carbocycles. The maximum absolute atomic E-state index is 5.10. The summed E-state index contributed by atoms with van der Waals surface area (Å²) in [5.41, 5.74) is 9.60. The highest BCUT2D eigenvalue weighted by atomic mass is 15.0. The van der Waals surface area contributed by atoms with Gasteiger partial charge in [0, 0.05) is 33.7 Å². The van der Waals surface area contributed by atoms with Crippen LogP contribution in [0.3, 0.4) is 0 Å². The number of para-hydroxylation sites is 2. The van der Waals surface area contributed by atoms with Crippen molar-refractivity contribution in [3.8, 4) is 33.9 Å². The Hall–Kier alpha value is -5.42. The SMILES string of the molecule is c1ccc(-c2nc(-c3ccc(-c4nc5ccccc5c5nc6ccccn6c45)cc3)nc3ccccc23)cc1. The lowest BCUT2D eigenvalue weighted by molar-refractivity contribution is 1.22. The van der Waals surface area contributed by atoms with E-state index in [4.69, 9.17) is 19.9 Å². The minimum Gasteiger partial charge on any atom is -0.298 e. The van der Waals surface area contributed by atoms with E-state index in [1.54, 1.807) is 0 Å². The molecule has 0 N–H and O–H groups in total. The van der Waals surface area contributed by atoms with Gasteiger partial charge in [0.1, 0.15) is 11.2 Å². The third kappa shape index (κ3) is 3.48. The summed E-state index contributed by atoms with van der Waals surface area (Å²) in [6.07, 6.45) is 2.05. The molecule has 0 aliphatic heterocycles. The first-order valence-electron chi connectivity index (χ1n) is 12.9. The van der Waals surface area contributed by atoms with Crippen LogP contribution in [0.5, 0.6) is 0 Å². The smallest absolute Gasteiger partial charge is 0.160 e. The zero-order chi connectivity index (χ0) is 25.8. The summed E-state index contributed by atoms with van der Waals surface area (Å²) in [4.78, 5) is 20.0. The average molecular weight is 500 g/mol. The van der Waals surface area contributed by atoms with Gasteiger partial charge in [-0.1, -0.05) is 97.1 Å². The fourth-order valence-electron chi connectivity index (χ4n) is 5.35. The standard InChI is InChI=1S/C34H21N5/c1-2-10-22(11-3-1)30-25-12-4-7-15-28(25)36-34(38-30)24-19-17-23(18-20-24)31-33-32(26-13-5-6-14-27(26)35-31)37-29-16-8-9-21-39(29)33/h1-21H. The second-order valence-corrected chi connectivity index (χ2v) is 9.57. The number of rotatable bonds is 3. The summed E-state index contributed by atoms with van der Waals surface area (Å²) in [7, 11) is 0. The number of aromatic nitrogens is 5. The molecular formula is C34H21N5. The van der Waals surface area contributed by atoms with Gasteiger partial charge in [0.05, 0.1) is 27.9 Å².